The van der Waals surface area contributed by atoms with E-state index < -0.39 is 0 Å². The van der Waals surface area contributed by atoms with Crippen LogP contribution >= 0.6 is 11.3 Å². The van der Waals surface area contributed by atoms with Crippen LogP contribution in [0.1, 0.15) is 17.0 Å². The smallest absolute Gasteiger partial charge is 0.240 e. The summed E-state index contributed by atoms with van der Waals surface area (Å²) in [7, 11) is 1.62. The molecule has 0 aliphatic rings. The van der Waals surface area contributed by atoms with Crippen LogP contribution in [0.15, 0.2) is 24.3 Å². The second-order valence-electron chi connectivity index (χ2n) is 3.91. The van der Waals surface area contributed by atoms with Crippen molar-refractivity contribution in [2.45, 2.75) is 12.8 Å². The van der Waals surface area contributed by atoms with Gasteiger partial charge in [0.25, 0.3) is 0 Å². The van der Waals surface area contributed by atoms with E-state index in [1.54, 1.807) is 13.2 Å². The van der Waals surface area contributed by atoms with Gasteiger partial charge in [0.1, 0.15) is 17.2 Å². The summed E-state index contributed by atoms with van der Waals surface area (Å²) in [5.74, 6) is 0.426. The van der Waals surface area contributed by atoms with Crippen LogP contribution in [0.4, 0.5) is 5.13 Å². The van der Waals surface area contributed by atoms with E-state index >= 15 is 0 Å². The van der Waals surface area contributed by atoms with Crippen LogP contribution in [0.5, 0.6) is 5.75 Å². The molecule has 0 aliphatic carbocycles. The number of amides is 1. The van der Waals surface area contributed by atoms with E-state index in [2.05, 4.69) is 15.5 Å². The molecule has 20 heavy (non-hydrogen) atoms. The van der Waals surface area contributed by atoms with Gasteiger partial charge >= 0.3 is 0 Å². The van der Waals surface area contributed by atoms with Crippen molar-refractivity contribution in [2.75, 3.05) is 12.4 Å². The number of ether oxygens (including phenoxy) is 1. The monoisotopic (exact) mass is 288 g/mol. The van der Waals surface area contributed by atoms with Gasteiger partial charge in [-0.1, -0.05) is 23.5 Å². The highest BCUT2D eigenvalue weighted by Gasteiger charge is 2.08. The molecular formula is C13H12N4O2S. The summed E-state index contributed by atoms with van der Waals surface area (Å²) in [6.45, 7) is 0. The van der Waals surface area contributed by atoms with E-state index in [0.717, 1.165) is 16.3 Å². The van der Waals surface area contributed by atoms with E-state index in [1.165, 1.54) is 11.3 Å². The highest BCUT2D eigenvalue weighted by atomic mass is 32.1. The number of nitriles is 1. The number of rotatable bonds is 5. The summed E-state index contributed by atoms with van der Waals surface area (Å²) < 4.78 is 5.09. The maximum absolute atomic E-state index is 11.2. The number of methoxy groups -OCH3 is 1. The third kappa shape index (κ3) is 3.76. The number of benzene rings is 1. The molecule has 2 rings (SSSR count). The van der Waals surface area contributed by atoms with Crippen LogP contribution in [0.3, 0.4) is 0 Å². The molecule has 1 aromatic heterocycles. The summed E-state index contributed by atoms with van der Waals surface area (Å²) >= 11 is 1.30. The number of hydrogen-bond acceptors (Lipinski definition) is 6. The normalized spacial score (nSPS) is 9.80. The highest BCUT2D eigenvalue weighted by Crippen LogP contribution is 2.20. The van der Waals surface area contributed by atoms with Crippen molar-refractivity contribution in [1.29, 1.82) is 5.26 Å². The Balaban J connectivity index is 1.98. The predicted molar refractivity (Wildman–Crippen MR) is 74.6 cm³/mol. The Kier molecular flexibility index (Phi) is 4.63. The van der Waals surface area contributed by atoms with Gasteiger partial charge < -0.3 is 4.74 Å². The van der Waals surface area contributed by atoms with Gasteiger partial charge in [0.15, 0.2) is 0 Å². The minimum Gasteiger partial charge on any atom is -0.497 e. The fourth-order valence-electron chi connectivity index (χ4n) is 1.53. The Morgan fingerprint density at radius 3 is 2.80 bits per heavy atom. The lowest BCUT2D eigenvalue weighted by atomic mass is 10.1. The summed E-state index contributed by atoms with van der Waals surface area (Å²) in [6.07, 6.45) is 0.448. The first-order chi connectivity index (χ1) is 9.71. The van der Waals surface area contributed by atoms with Gasteiger partial charge in [-0.05, 0) is 17.7 Å². The first-order valence-corrected chi connectivity index (χ1v) is 6.65. The van der Waals surface area contributed by atoms with Gasteiger partial charge in [0.2, 0.25) is 11.0 Å². The SMILES string of the molecule is COc1ccc(Cc2nnc(NC(=O)CC#N)s2)cc1. The topological polar surface area (TPSA) is 87.9 Å². The largest absolute Gasteiger partial charge is 0.497 e. The lowest BCUT2D eigenvalue weighted by Crippen LogP contribution is -2.09. The summed E-state index contributed by atoms with van der Waals surface area (Å²) in [6, 6.07) is 9.44. The van der Waals surface area contributed by atoms with Gasteiger partial charge in [-0.25, -0.2) is 0 Å². The molecule has 0 radical (unpaired) electrons. The fraction of sp³-hybridized carbons (Fsp3) is 0.231. The lowest BCUT2D eigenvalue weighted by molar-refractivity contribution is -0.115. The lowest BCUT2D eigenvalue weighted by Gasteiger charge is -2.00. The second kappa shape index (κ2) is 6.63. The average Bonchev–Trinajstić information content (AvgIpc) is 2.87. The van der Waals surface area contributed by atoms with E-state index in [0.29, 0.717) is 11.6 Å². The molecule has 1 N–H and O–H groups in total. The quantitative estimate of drug-likeness (QED) is 0.909. The Morgan fingerprint density at radius 1 is 1.40 bits per heavy atom. The standard InChI is InChI=1S/C13H12N4O2S/c1-19-10-4-2-9(3-5-10)8-12-16-17-13(20-12)15-11(18)6-7-14/h2-5H,6,8H2,1H3,(H,15,17,18). The summed E-state index contributed by atoms with van der Waals surface area (Å²) in [5, 5.41) is 20.0. The number of anilines is 1. The molecule has 0 spiro atoms. The van der Waals surface area contributed by atoms with E-state index in [1.807, 2.05) is 24.3 Å². The molecule has 102 valence electrons. The number of nitrogens with zero attached hydrogens (tertiary/aromatic N) is 3. The molecule has 7 heteroatoms. The molecule has 1 amide bonds. The van der Waals surface area contributed by atoms with Gasteiger partial charge in [-0.15, -0.1) is 10.2 Å². The third-order valence-electron chi connectivity index (χ3n) is 2.47. The van der Waals surface area contributed by atoms with E-state index in [9.17, 15) is 4.79 Å². The number of aromatic nitrogens is 2. The van der Waals surface area contributed by atoms with Crippen molar-refractivity contribution in [3.05, 3.63) is 34.8 Å². The van der Waals surface area contributed by atoms with Crippen molar-refractivity contribution >= 4 is 22.4 Å². The Hall–Kier alpha value is -2.46. The molecule has 0 unspecified atom stereocenters. The van der Waals surface area contributed by atoms with Crippen molar-refractivity contribution in [3.63, 3.8) is 0 Å². The first-order valence-electron chi connectivity index (χ1n) is 5.83. The predicted octanol–water partition coefficient (Wildman–Crippen LogP) is 1.99. The Morgan fingerprint density at radius 2 is 2.15 bits per heavy atom. The maximum Gasteiger partial charge on any atom is 0.240 e. The zero-order valence-corrected chi connectivity index (χ0v) is 11.6. The van der Waals surface area contributed by atoms with Crippen molar-refractivity contribution < 1.29 is 9.53 Å². The molecule has 2 aromatic rings. The second-order valence-corrected chi connectivity index (χ2v) is 4.97. The molecular weight excluding hydrogens is 276 g/mol. The van der Waals surface area contributed by atoms with Gasteiger partial charge in [-0.3, -0.25) is 10.1 Å². The van der Waals surface area contributed by atoms with Crippen molar-refractivity contribution in [1.82, 2.24) is 10.2 Å². The van der Waals surface area contributed by atoms with Crippen LogP contribution < -0.4 is 10.1 Å². The molecule has 0 fully saturated rings. The Labute approximate surface area is 120 Å². The molecule has 0 atom stereocenters. The summed E-state index contributed by atoms with van der Waals surface area (Å²) in [4.78, 5) is 11.2. The molecule has 0 saturated heterocycles. The molecule has 1 aromatic carbocycles. The zero-order valence-electron chi connectivity index (χ0n) is 10.8. The van der Waals surface area contributed by atoms with Gasteiger partial charge in [0, 0.05) is 6.42 Å². The minimum atomic E-state index is -0.375. The Bertz CT molecular complexity index is 631. The van der Waals surface area contributed by atoms with E-state index in [-0.39, 0.29) is 12.3 Å². The molecule has 0 aliphatic heterocycles. The summed E-state index contributed by atoms with van der Waals surface area (Å²) in [5.41, 5.74) is 1.08. The fourth-order valence-corrected chi connectivity index (χ4v) is 2.32. The number of carbonyl (C=O) groups is 1. The number of carbonyl (C=O) groups excluding carboxylic acids is 1. The van der Waals surface area contributed by atoms with Crippen LogP contribution in [-0.4, -0.2) is 23.2 Å². The van der Waals surface area contributed by atoms with Crippen LogP contribution in [0, 0.1) is 11.3 Å². The zero-order chi connectivity index (χ0) is 14.4. The maximum atomic E-state index is 11.2. The third-order valence-corrected chi connectivity index (χ3v) is 3.31. The van der Waals surface area contributed by atoms with Crippen LogP contribution in [-0.2, 0) is 11.2 Å². The first kappa shape index (κ1) is 14.0. The molecule has 0 bridgehead atoms. The highest BCUT2D eigenvalue weighted by molar-refractivity contribution is 7.15. The molecule has 6 nitrogen and oxygen atoms in total. The van der Waals surface area contributed by atoms with Crippen molar-refractivity contribution in [3.8, 4) is 11.8 Å². The minimum absolute atomic E-state index is 0.187. The number of hydrogen-bond donors (Lipinski definition) is 1. The van der Waals surface area contributed by atoms with Gasteiger partial charge in [-0.2, -0.15) is 5.26 Å². The van der Waals surface area contributed by atoms with Crippen molar-refractivity contribution in [2.24, 2.45) is 0 Å². The van der Waals surface area contributed by atoms with Gasteiger partial charge in [0.05, 0.1) is 13.2 Å². The number of nitrogens with one attached hydrogen (secondary N) is 1. The average molecular weight is 288 g/mol. The van der Waals surface area contributed by atoms with Crippen LogP contribution in [0.2, 0.25) is 0 Å². The molecule has 1 heterocycles. The van der Waals surface area contributed by atoms with E-state index in [4.69, 9.17) is 10.00 Å². The molecule has 0 saturated carbocycles. The van der Waals surface area contributed by atoms with Crippen LogP contribution in [0.25, 0.3) is 0 Å².